The van der Waals surface area contributed by atoms with Crippen molar-refractivity contribution in [3.05, 3.63) is 22.4 Å². The van der Waals surface area contributed by atoms with Gasteiger partial charge in [0.25, 0.3) is 0 Å². The van der Waals surface area contributed by atoms with Gasteiger partial charge in [-0.3, -0.25) is 4.98 Å². The molecule has 0 bridgehead atoms. The molecule has 18 heavy (non-hydrogen) atoms. The average Bonchev–Trinajstić information content (AvgIpc) is 2.76. The fraction of sp³-hybridized carbons (Fsp3) is 0.615. The quantitative estimate of drug-likeness (QED) is 0.856. The predicted octanol–water partition coefficient (Wildman–Crippen LogP) is 2.72. The summed E-state index contributed by atoms with van der Waals surface area (Å²) in [5, 5.41) is 0. The van der Waals surface area contributed by atoms with Gasteiger partial charge in [-0.25, -0.2) is 0 Å². The van der Waals surface area contributed by atoms with E-state index < -0.39 is 0 Å². The number of nitrogens with zero attached hydrogens (tertiary/aromatic N) is 1. The zero-order valence-corrected chi connectivity index (χ0v) is 12.4. The Bertz CT molecular complexity index is 401. The van der Waals surface area contributed by atoms with Crippen LogP contribution in [0.5, 0.6) is 5.75 Å². The maximum atomic E-state index is 6.00. The Balaban J connectivity index is 2.04. The molecule has 0 N–H and O–H groups in total. The van der Waals surface area contributed by atoms with E-state index in [9.17, 15) is 0 Å². The lowest BCUT2D eigenvalue weighted by atomic mass is 10.3. The van der Waals surface area contributed by atoms with Crippen molar-refractivity contribution < 1.29 is 14.2 Å². The van der Waals surface area contributed by atoms with Crippen LogP contribution in [0.4, 0.5) is 0 Å². The fourth-order valence-electron chi connectivity index (χ4n) is 2.30. The lowest BCUT2D eigenvalue weighted by Gasteiger charge is -2.15. The Hall–Kier alpha value is -0.650. The molecule has 0 aromatic carbocycles. The van der Waals surface area contributed by atoms with Crippen molar-refractivity contribution in [1.82, 2.24) is 4.98 Å². The second-order valence-electron chi connectivity index (χ2n) is 4.50. The van der Waals surface area contributed by atoms with Crippen molar-refractivity contribution in [3.63, 3.8) is 0 Å². The Morgan fingerprint density at radius 3 is 2.39 bits per heavy atom. The predicted molar refractivity (Wildman–Crippen MR) is 71.9 cm³/mol. The maximum Gasteiger partial charge on any atom is 0.142 e. The smallest absolute Gasteiger partial charge is 0.142 e. The van der Waals surface area contributed by atoms with Crippen LogP contribution in [0.25, 0.3) is 0 Å². The highest BCUT2D eigenvalue weighted by Gasteiger charge is 2.36. The van der Waals surface area contributed by atoms with Crippen LogP contribution in [0, 0.1) is 6.92 Å². The maximum absolute atomic E-state index is 6.00. The number of aryl methyl sites for hydroxylation is 1. The highest BCUT2D eigenvalue weighted by molar-refractivity contribution is 9.10. The summed E-state index contributed by atoms with van der Waals surface area (Å²) in [4.78, 5) is 4.26. The standard InChI is InChI=1S/C13H18BrNO3/c1-8-11(4-9(14)7-15-8)18-10-5-12(16-2)13(6-10)17-3/h4,7,10,12-13H,5-6H2,1-3H3/t12-,13-/m1/s1. The summed E-state index contributed by atoms with van der Waals surface area (Å²) >= 11 is 3.40. The van der Waals surface area contributed by atoms with E-state index in [4.69, 9.17) is 14.2 Å². The molecule has 0 aliphatic heterocycles. The molecule has 4 nitrogen and oxygen atoms in total. The minimum Gasteiger partial charge on any atom is -0.488 e. The molecule has 0 spiro atoms. The van der Waals surface area contributed by atoms with Gasteiger partial charge in [0.1, 0.15) is 11.9 Å². The first-order chi connectivity index (χ1) is 8.63. The summed E-state index contributed by atoms with van der Waals surface area (Å²) in [6.07, 6.45) is 3.81. The van der Waals surface area contributed by atoms with Gasteiger partial charge in [-0.05, 0) is 28.9 Å². The number of ether oxygens (including phenoxy) is 3. The van der Waals surface area contributed by atoms with Crippen molar-refractivity contribution >= 4 is 15.9 Å². The van der Waals surface area contributed by atoms with Crippen molar-refractivity contribution in [2.24, 2.45) is 0 Å². The SMILES string of the molecule is CO[C@@H]1CC(Oc2cc(Br)cnc2C)C[C@H]1OC. The molecule has 1 aliphatic carbocycles. The van der Waals surface area contributed by atoms with Gasteiger partial charge in [-0.15, -0.1) is 0 Å². The summed E-state index contributed by atoms with van der Waals surface area (Å²) in [7, 11) is 3.43. The number of rotatable bonds is 4. The summed E-state index contributed by atoms with van der Waals surface area (Å²) in [5.74, 6) is 0.820. The van der Waals surface area contributed by atoms with E-state index in [1.165, 1.54) is 0 Å². The van der Waals surface area contributed by atoms with E-state index in [2.05, 4.69) is 20.9 Å². The molecule has 0 saturated heterocycles. The van der Waals surface area contributed by atoms with Crippen LogP contribution in [0.1, 0.15) is 18.5 Å². The molecule has 2 atom stereocenters. The van der Waals surface area contributed by atoms with Crippen LogP contribution in [-0.2, 0) is 9.47 Å². The van der Waals surface area contributed by atoms with E-state index in [-0.39, 0.29) is 18.3 Å². The molecule has 0 unspecified atom stereocenters. The zero-order chi connectivity index (χ0) is 13.1. The number of aromatic nitrogens is 1. The Labute approximate surface area is 116 Å². The van der Waals surface area contributed by atoms with E-state index in [0.717, 1.165) is 28.8 Å². The minimum absolute atomic E-state index is 0.111. The van der Waals surface area contributed by atoms with Crippen LogP contribution in [0.3, 0.4) is 0 Å². The second kappa shape index (κ2) is 5.99. The van der Waals surface area contributed by atoms with Gasteiger partial charge in [0, 0.05) is 37.7 Å². The number of pyridine rings is 1. The number of methoxy groups -OCH3 is 2. The van der Waals surface area contributed by atoms with E-state index >= 15 is 0 Å². The Morgan fingerprint density at radius 1 is 1.22 bits per heavy atom. The van der Waals surface area contributed by atoms with Crippen molar-refractivity contribution in [2.75, 3.05) is 14.2 Å². The van der Waals surface area contributed by atoms with Crippen LogP contribution in [0.2, 0.25) is 0 Å². The van der Waals surface area contributed by atoms with Crippen LogP contribution >= 0.6 is 15.9 Å². The summed E-state index contributed by atoms with van der Waals surface area (Å²) in [5.41, 5.74) is 0.896. The van der Waals surface area contributed by atoms with Crippen molar-refractivity contribution in [1.29, 1.82) is 0 Å². The largest absolute Gasteiger partial charge is 0.488 e. The third-order valence-corrected chi connectivity index (χ3v) is 3.74. The molecule has 1 aromatic rings. The van der Waals surface area contributed by atoms with Crippen LogP contribution < -0.4 is 4.74 Å². The van der Waals surface area contributed by atoms with Crippen LogP contribution in [-0.4, -0.2) is 37.5 Å². The molecule has 5 heteroatoms. The summed E-state index contributed by atoms with van der Waals surface area (Å²) < 4.78 is 17.7. The highest BCUT2D eigenvalue weighted by Crippen LogP contribution is 2.30. The minimum atomic E-state index is 0.111. The first kappa shape index (κ1) is 13.8. The number of halogens is 1. The molecular formula is C13H18BrNO3. The topological polar surface area (TPSA) is 40.6 Å². The average molecular weight is 316 g/mol. The van der Waals surface area contributed by atoms with Gasteiger partial charge in [0.2, 0.25) is 0 Å². The molecule has 0 amide bonds. The summed E-state index contributed by atoms with van der Waals surface area (Å²) in [6.45, 7) is 1.94. The molecule has 1 heterocycles. The molecule has 1 aliphatic rings. The van der Waals surface area contributed by atoms with E-state index in [1.54, 1.807) is 20.4 Å². The molecule has 1 aromatic heterocycles. The van der Waals surface area contributed by atoms with Gasteiger partial charge in [0.15, 0.2) is 0 Å². The monoisotopic (exact) mass is 315 g/mol. The number of hydrogen-bond donors (Lipinski definition) is 0. The molecular weight excluding hydrogens is 298 g/mol. The van der Waals surface area contributed by atoms with Crippen molar-refractivity contribution in [2.45, 2.75) is 38.1 Å². The summed E-state index contributed by atoms with van der Waals surface area (Å²) in [6, 6.07) is 1.95. The van der Waals surface area contributed by atoms with Crippen molar-refractivity contribution in [3.8, 4) is 5.75 Å². The van der Waals surface area contributed by atoms with E-state index in [0.29, 0.717) is 0 Å². The third-order valence-electron chi connectivity index (χ3n) is 3.31. The first-order valence-corrected chi connectivity index (χ1v) is 6.77. The number of hydrogen-bond acceptors (Lipinski definition) is 4. The van der Waals surface area contributed by atoms with Gasteiger partial charge in [-0.2, -0.15) is 0 Å². The Kier molecular flexibility index (Phi) is 4.59. The highest BCUT2D eigenvalue weighted by atomic mass is 79.9. The molecule has 2 rings (SSSR count). The lowest BCUT2D eigenvalue weighted by molar-refractivity contribution is -0.0157. The zero-order valence-electron chi connectivity index (χ0n) is 10.9. The molecule has 1 fully saturated rings. The Morgan fingerprint density at radius 2 is 1.83 bits per heavy atom. The first-order valence-electron chi connectivity index (χ1n) is 5.98. The van der Waals surface area contributed by atoms with Gasteiger partial charge >= 0.3 is 0 Å². The van der Waals surface area contributed by atoms with E-state index in [1.807, 2.05) is 13.0 Å². The lowest BCUT2D eigenvalue weighted by Crippen LogP contribution is -2.23. The van der Waals surface area contributed by atoms with Crippen LogP contribution in [0.15, 0.2) is 16.7 Å². The second-order valence-corrected chi connectivity index (χ2v) is 5.41. The fourth-order valence-corrected chi connectivity index (χ4v) is 2.61. The third kappa shape index (κ3) is 3.02. The molecule has 1 saturated carbocycles. The van der Waals surface area contributed by atoms with Gasteiger partial charge < -0.3 is 14.2 Å². The molecule has 100 valence electrons. The molecule has 0 radical (unpaired) electrons. The van der Waals surface area contributed by atoms with Gasteiger partial charge in [0.05, 0.1) is 17.9 Å². The normalized spacial score (nSPS) is 24.4. The van der Waals surface area contributed by atoms with Gasteiger partial charge in [-0.1, -0.05) is 0 Å².